The van der Waals surface area contributed by atoms with Crippen molar-refractivity contribution < 1.29 is 4.74 Å². The second-order valence-corrected chi connectivity index (χ2v) is 4.66. The van der Waals surface area contributed by atoms with Gasteiger partial charge in [0.25, 0.3) is 0 Å². The van der Waals surface area contributed by atoms with Crippen molar-refractivity contribution in [2.45, 2.75) is 6.42 Å². The second-order valence-electron chi connectivity index (χ2n) is 4.66. The number of hydrogen-bond acceptors (Lipinski definition) is 5. The average Bonchev–Trinajstić information content (AvgIpc) is 2.77. The van der Waals surface area contributed by atoms with Gasteiger partial charge in [-0.1, -0.05) is 18.2 Å². The predicted octanol–water partition coefficient (Wildman–Crippen LogP) is 1.96. The fourth-order valence-electron chi connectivity index (χ4n) is 2.30. The van der Waals surface area contributed by atoms with E-state index >= 15 is 0 Å². The third kappa shape index (κ3) is 2.18. The van der Waals surface area contributed by atoms with Crippen LogP contribution in [0.3, 0.4) is 0 Å². The highest BCUT2D eigenvalue weighted by molar-refractivity contribution is 6.04. The van der Waals surface area contributed by atoms with Crippen LogP contribution in [0.15, 0.2) is 24.3 Å². The molecule has 20 heavy (non-hydrogen) atoms. The summed E-state index contributed by atoms with van der Waals surface area (Å²) in [4.78, 5) is 4.55. The summed E-state index contributed by atoms with van der Waals surface area (Å²) in [6.45, 7) is 1.49. The molecule has 0 saturated heterocycles. The maximum Gasteiger partial charge on any atom is 0.244 e. The normalized spacial score (nSPS) is 11.3. The van der Waals surface area contributed by atoms with E-state index < -0.39 is 0 Å². The molecule has 0 atom stereocenters. The molecule has 6 nitrogen and oxygen atoms in total. The van der Waals surface area contributed by atoms with Crippen molar-refractivity contribution in [3.8, 4) is 0 Å². The first-order chi connectivity index (χ1) is 9.81. The van der Waals surface area contributed by atoms with E-state index in [9.17, 15) is 0 Å². The Morgan fingerprint density at radius 1 is 1.25 bits per heavy atom. The number of para-hydroxylation sites is 1. The number of hydrogen-bond donors (Lipinski definition) is 1. The first-order valence-corrected chi connectivity index (χ1v) is 6.62. The first kappa shape index (κ1) is 12.8. The lowest BCUT2D eigenvalue weighted by Crippen LogP contribution is -2.08. The summed E-state index contributed by atoms with van der Waals surface area (Å²) in [5, 5.41) is 12.7. The minimum absolute atomic E-state index is 0.555. The van der Waals surface area contributed by atoms with Gasteiger partial charge in [0, 0.05) is 32.7 Å². The number of nitrogens with zero attached hydrogens (tertiary/aromatic N) is 4. The van der Waals surface area contributed by atoms with Gasteiger partial charge in [-0.25, -0.2) is 0 Å². The second kappa shape index (κ2) is 5.42. The molecule has 0 spiro atoms. The van der Waals surface area contributed by atoms with Gasteiger partial charge in [-0.15, -0.1) is 10.2 Å². The molecule has 2 heterocycles. The number of benzene rings is 1. The van der Waals surface area contributed by atoms with Gasteiger partial charge in [0.1, 0.15) is 5.52 Å². The summed E-state index contributed by atoms with van der Waals surface area (Å²) >= 11 is 0. The van der Waals surface area contributed by atoms with Crippen LogP contribution in [0.25, 0.3) is 22.1 Å². The van der Waals surface area contributed by atoms with Gasteiger partial charge in [-0.3, -0.25) is 0 Å². The fraction of sp³-hybridized carbons (Fsp3) is 0.357. The third-order valence-electron chi connectivity index (χ3n) is 3.31. The summed E-state index contributed by atoms with van der Waals surface area (Å²) < 4.78 is 7.05. The van der Waals surface area contributed by atoms with Gasteiger partial charge in [0.05, 0.1) is 5.52 Å². The SMILES string of the molecule is COCCCNc1nnc2c3ccccc3n(C)c2n1. The van der Waals surface area contributed by atoms with E-state index in [0.29, 0.717) is 5.95 Å². The minimum atomic E-state index is 0.555. The van der Waals surface area contributed by atoms with Crippen molar-refractivity contribution in [2.24, 2.45) is 7.05 Å². The van der Waals surface area contributed by atoms with Gasteiger partial charge in [0.2, 0.25) is 5.95 Å². The van der Waals surface area contributed by atoms with Crippen LogP contribution in [0.4, 0.5) is 5.95 Å². The lowest BCUT2D eigenvalue weighted by atomic mass is 10.2. The van der Waals surface area contributed by atoms with E-state index in [4.69, 9.17) is 4.74 Å². The lowest BCUT2D eigenvalue weighted by molar-refractivity contribution is 0.197. The van der Waals surface area contributed by atoms with Gasteiger partial charge in [-0.05, 0) is 12.5 Å². The molecule has 2 aromatic heterocycles. The number of aryl methyl sites for hydroxylation is 1. The molecule has 3 aromatic rings. The van der Waals surface area contributed by atoms with Gasteiger partial charge in [-0.2, -0.15) is 4.98 Å². The van der Waals surface area contributed by atoms with E-state index in [1.165, 1.54) is 0 Å². The molecule has 0 amide bonds. The molecule has 0 unspecified atom stereocenters. The van der Waals surface area contributed by atoms with E-state index in [-0.39, 0.29) is 0 Å². The van der Waals surface area contributed by atoms with Crippen molar-refractivity contribution in [1.29, 1.82) is 0 Å². The number of nitrogens with one attached hydrogen (secondary N) is 1. The van der Waals surface area contributed by atoms with Crippen molar-refractivity contribution >= 4 is 28.0 Å². The van der Waals surface area contributed by atoms with Crippen LogP contribution in [0.1, 0.15) is 6.42 Å². The standard InChI is InChI=1S/C14H17N5O/c1-19-11-7-4-3-6-10(11)12-13(19)16-14(18-17-12)15-8-5-9-20-2/h3-4,6-7H,5,8-9H2,1-2H3,(H,15,16,18). The molecular weight excluding hydrogens is 254 g/mol. The van der Waals surface area contributed by atoms with Crippen LogP contribution in [0.5, 0.6) is 0 Å². The Labute approximate surface area is 116 Å². The molecule has 0 bridgehead atoms. The Morgan fingerprint density at radius 2 is 2.10 bits per heavy atom. The van der Waals surface area contributed by atoms with E-state index in [1.54, 1.807) is 7.11 Å². The number of fused-ring (bicyclic) bond motifs is 3. The van der Waals surface area contributed by atoms with Crippen LogP contribution in [0, 0.1) is 0 Å². The van der Waals surface area contributed by atoms with Crippen LogP contribution in [0.2, 0.25) is 0 Å². The molecule has 104 valence electrons. The Kier molecular flexibility index (Phi) is 3.47. The van der Waals surface area contributed by atoms with Gasteiger partial charge in [0.15, 0.2) is 5.65 Å². The van der Waals surface area contributed by atoms with Crippen LogP contribution in [-0.4, -0.2) is 40.0 Å². The van der Waals surface area contributed by atoms with E-state index in [1.807, 2.05) is 29.8 Å². The minimum Gasteiger partial charge on any atom is -0.385 e. The molecule has 6 heteroatoms. The topological polar surface area (TPSA) is 64.9 Å². The number of anilines is 1. The quantitative estimate of drug-likeness (QED) is 0.719. The van der Waals surface area contributed by atoms with E-state index in [2.05, 4.69) is 26.6 Å². The highest BCUT2D eigenvalue weighted by Crippen LogP contribution is 2.24. The zero-order chi connectivity index (χ0) is 13.9. The van der Waals surface area contributed by atoms with Crippen molar-refractivity contribution in [3.05, 3.63) is 24.3 Å². The lowest BCUT2D eigenvalue weighted by Gasteiger charge is -2.03. The van der Waals surface area contributed by atoms with Crippen LogP contribution < -0.4 is 5.32 Å². The van der Waals surface area contributed by atoms with Gasteiger partial charge < -0.3 is 14.6 Å². The fourth-order valence-corrected chi connectivity index (χ4v) is 2.30. The molecule has 3 rings (SSSR count). The molecule has 1 aromatic carbocycles. The maximum atomic E-state index is 5.01. The molecule has 0 aliphatic heterocycles. The summed E-state index contributed by atoms with van der Waals surface area (Å²) in [7, 11) is 3.69. The molecule has 0 saturated carbocycles. The summed E-state index contributed by atoms with van der Waals surface area (Å²) in [6.07, 6.45) is 0.910. The zero-order valence-corrected chi connectivity index (χ0v) is 11.6. The molecule has 0 aliphatic rings. The zero-order valence-electron chi connectivity index (χ0n) is 11.6. The van der Waals surface area contributed by atoms with Crippen molar-refractivity contribution in [1.82, 2.24) is 19.7 Å². The summed E-state index contributed by atoms with van der Waals surface area (Å²) in [6, 6.07) is 8.11. The predicted molar refractivity (Wildman–Crippen MR) is 78.8 cm³/mol. The Hall–Kier alpha value is -2.21. The Bertz CT molecular complexity index is 737. The number of methoxy groups -OCH3 is 1. The highest BCUT2D eigenvalue weighted by Gasteiger charge is 2.11. The maximum absolute atomic E-state index is 5.01. The largest absolute Gasteiger partial charge is 0.385 e. The van der Waals surface area contributed by atoms with Gasteiger partial charge >= 0.3 is 0 Å². The third-order valence-corrected chi connectivity index (χ3v) is 3.31. The Balaban J connectivity index is 1.95. The summed E-state index contributed by atoms with van der Waals surface area (Å²) in [5.74, 6) is 0.555. The average molecular weight is 271 g/mol. The first-order valence-electron chi connectivity index (χ1n) is 6.62. The molecule has 1 N–H and O–H groups in total. The molecular formula is C14H17N5O. The molecule has 0 fully saturated rings. The molecule has 0 aliphatic carbocycles. The highest BCUT2D eigenvalue weighted by atomic mass is 16.5. The summed E-state index contributed by atoms with van der Waals surface area (Å²) in [5.41, 5.74) is 2.79. The van der Waals surface area contributed by atoms with Crippen LogP contribution in [-0.2, 0) is 11.8 Å². The number of rotatable bonds is 5. The smallest absolute Gasteiger partial charge is 0.244 e. The van der Waals surface area contributed by atoms with Crippen molar-refractivity contribution in [3.63, 3.8) is 0 Å². The molecule has 0 radical (unpaired) electrons. The monoisotopic (exact) mass is 271 g/mol. The van der Waals surface area contributed by atoms with Crippen LogP contribution >= 0.6 is 0 Å². The number of aromatic nitrogens is 4. The Morgan fingerprint density at radius 3 is 2.95 bits per heavy atom. The van der Waals surface area contributed by atoms with Crippen molar-refractivity contribution in [2.75, 3.05) is 25.6 Å². The van der Waals surface area contributed by atoms with E-state index in [0.717, 1.165) is 41.6 Å². The number of ether oxygens (including phenoxy) is 1.